The van der Waals surface area contributed by atoms with E-state index in [2.05, 4.69) is 9.80 Å². The monoisotopic (exact) mass is 344 g/mol. The smallest absolute Gasteiger partial charge is 0.123 e. The molecule has 0 aromatic heterocycles. The van der Waals surface area contributed by atoms with Crippen LogP contribution in [0.4, 0.5) is 10.1 Å². The van der Waals surface area contributed by atoms with E-state index >= 15 is 0 Å². The van der Waals surface area contributed by atoms with Crippen molar-refractivity contribution in [2.45, 2.75) is 13.0 Å². The molecule has 0 bridgehead atoms. The van der Waals surface area contributed by atoms with Crippen LogP contribution in [0.2, 0.25) is 0 Å². The molecule has 0 amide bonds. The van der Waals surface area contributed by atoms with Gasteiger partial charge in [-0.05, 0) is 42.8 Å². The summed E-state index contributed by atoms with van der Waals surface area (Å²) in [5.74, 6) is 0.613. The fourth-order valence-corrected chi connectivity index (χ4v) is 3.10. The van der Waals surface area contributed by atoms with E-state index in [1.54, 1.807) is 0 Å². The van der Waals surface area contributed by atoms with Gasteiger partial charge in [0.2, 0.25) is 0 Å². The van der Waals surface area contributed by atoms with Crippen molar-refractivity contribution in [3.63, 3.8) is 0 Å². The first kappa shape index (κ1) is 17.7. The number of aliphatic hydroxyl groups is 1. The third-order valence-corrected chi connectivity index (χ3v) is 4.56. The van der Waals surface area contributed by atoms with E-state index in [1.165, 1.54) is 12.1 Å². The Morgan fingerprint density at radius 1 is 1.04 bits per heavy atom. The minimum absolute atomic E-state index is 0.209. The van der Waals surface area contributed by atoms with Crippen molar-refractivity contribution in [3.05, 3.63) is 59.9 Å². The maximum absolute atomic E-state index is 13.0. The lowest BCUT2D eigenvalue weighted by Gasteiger charge is -2.36. The van der Waals surface area contributed by atoms with Gasteiger partial charge in [-0.25, -0.2) is 4.39 Å². The SMILES string of the molecule is Cc1ccccc1OC[C@H](O)CN1CCN(c2ccc(F)cc2)CC1. The number of ether oxygens (including phenoxy) is 1. The molecule has 0 saturated carbocycles. The van der Waals surface area contributed by atoms with Crippen LogP contribution in [0.25, 0.3) is 0 Å². The average molecular weight is 344 g/mol. The van der Waals surface area contributed by atoms with Crippen LogP contribution < -0.4 is 9.64 Å². The van der Waals surface area contributed by atoms with Crippen LogP contribution in [0.15, 0.2) is 48.5 Å². The van der Waals surface area contributed by atoms with Crippen LogP contribution in [0, 0.1) is 12.7 Å². The highest BCUT2D eigenvalue weighted by Crippen LogP contribution is 2.18. The van der Waals surface area contributed by atoms with Crippen molar-refractivity contribution in [2.75, 3.05) is 44.2 Å². The van der Waals surface area contributed by atoms with Gasteiger partial charge < -0.3 is 14.7 Å². The number of hydrogen-bond acceptors (Lipinski definition) is 4. The Labute approximate surface area is 148 Å². The van der Waals surface area contributed by atoms with Gasteiger partial charge in [0.05, 0.1) is 0 Å². The molecular weight excluding hydrogens is 319 g/mol. The first-order valence-electron chi connectivity index (χ1n) is 8.71. The molecule has 1 fully saturated rings. The van der Waals surface area contributed by atoms with Gasteiger partial charge in [-0.15, -0.1) is 0 Å². The van der Waals surface area contributed by atoms with Gasteiger partial charge in [-0.2, -0.15) is 0 Å². The topological polar surface area (TPSA) is 35.9 Å². The van der Waals surface area contributed by atoms with Crippen LogP contribution in [0.5, 0.6) is 5.75 Å². The van der Waals surface area contributed by atoms with Crippen molar-refractivity contribution < 1.29 is 14.2 Å². The second kappa shape index (κ2) is 8.32. The van der Waals surface area contributed by atoms with Crippen molar-refractivity contribution in [2.24, 2.45) is 0 Å². The molecule has 134 valence electrons. The average Bonchev–Trinajstić information content (AvgIpc) is 2.62. The van der Waals surface area contributed by atoms with E-state index in [-0.39, 0.29) is 5.82 Å². The maximum Gasteiger partial charge on any atom is 0.123 e. The number of piperazine rings is 1. The molecule has 1 heterocycles. The number of aryl methyl sites for hydroxylation is 1. The lowest BCUT2D eigenvalue weighted by atomic mass is 10.2. The summed E-state index contributed by atoms with van der Waals surface area (Å²) in [6, 6.07) is 14.4. The summed E-state index contributed by atoms with van der Waals surface area (Å²) in [5, 5.41) is 10.2. The summed E-state index contributed by atoms with van der Waals surface area (Å²) in [6.07, 6.45) is -0.517. The normalized spacial score (nSPS) is 16.7. The number of benzene rings is 2. The summed E-state index contributed by atoms with van der Waals surface area (Å²) in [4.78, 5) is 4.48. The number of aliphatic hydroxyl groups excluding tert-OH is 1. The molecule has 25 heavy (non-hydrogen) atoms. The molecule has 0 aliphatic carbocycles. The van der Waals surface area contributed by atoms with Gasteiger partial charge in [0.1, 0.15) is 24.3 Å². The Kier molecular flexibility index (Phi) is 5.89. The van der Waals surface area contributed by atoms with Crippen LogP contribution in [0.1, 0.15) is 5.56 Å². The Morgan fingerprint density at radius 3 is 2.40 bits per heavy atom. The number of halogens is 1. The third-order valence-electron chi connectivity index (χ3n) is 4.56. The number of hydrogen-bond donors (Lipinski definition) is 1. The molecule has 2 aromatic rings. The largest absolute Gasteiger partial charge is 0.491 e. The summed E-state index contributed by atoms with van der Waals surface area (Å²) in [5.41, 5.74) is 2.12. The van der Waals surface area contributed by atoms with E-state index in [0.29, 0.717) is 13.2 Å². The molecule has 0 radical (unpaired) electrons. The summed E-state index contributed by atoms with van der Waals surface area (Å²) in [6.45, 7) is 6.38. The van der Waals surface area contributed by atoms with Gasteiger partial charge in [-0.1, -0.05) is 18.2 Å². The van der Waals surface area contributed by atoms with Crippen molar-refractivity contribution >= 4 is 5.69 Å². The molecule has 3 rings (SSSR count). The predicted octanol–water partition coefficient (Wildman–Crippen LogP) is 2.70. The highest BCUT2D eigenvalue weighted by Gasteiger charge is 2.20. The summed E-state index contributed by atoms with van der Waals surface area (Å²) < 4.78 is 18.7. The minimum atomic E-state index is -0.517. The Balaban J connectivity index is 1.42. The van der Waals surface area contributed by atoms with Crippen molar-refractivity contribution in [1.82, 2.24) is 4.90 Å². The number of anilines is 1. The highest BCUT2D eigenvalue weighted by atomic mass is 19.1. The molecule has 5 heteroatoms. The van der Waals surface area contributed by atoms with Crippen LogP contribution in [0.3, 0.4) is 0 Å². The third kappa shape index (κ3) is 4.94. The zero-order valence-corrected chi connectivity index (χ0v) is 14.6. The second-order valence-corrected chi connectivity index (χ2v) is 6.49. The number of rotatable bonds is 6. The van der Waals surface area contributed by atoms with Gasteiger partial charge >= 0.3 is 0 Å². The van der Waals surface area contributed by atoms with Crippen LogP contribution >= 0.6 is 0 Å². The molecule has 2 aromatic carbocycles. The molecule has 1 aliphatic heterocycles. The molecule has 1 atom stereocenters. The second-order valence-electron chi connectivity index (χ2n) is 6.49. The quantitative estimate of drug-likeness (QED) is 0.874. The lowest BCUT2D eigenvalue weighted by molar-refractivity contribution is 0.0661. The molecular formula is C20H25FN2O2. The van der Waals surface area contributed by atoms with E-state index in [0.717, 1.165) is 43.2 Å². The number of nitrogens with zero attached hydrogens (tertiary/aromatic N) is 2. The van der Waals surface area contributed by atoms with Gasteiger partial charge in [0.25, 0.3) is 0 Å². The van der Waals surface area contributed by atoms with Crippen molar-refractivity contribution in [3.8, 4) is 5.75 Å². The summed E-state index contributed by atoms with van der Waals surface area (Å²) >= 11 is 0. The van der Waals surface area contributed by atoms with E-state index in [9.17, 15) is 9.50 Å². The van der Waals surface area contributed by atoms with Crippen LogP contribution in [-0.4, -0.2) is 55.4 Å². The number of para-hydroxylation sites is 1. The molecule has 1 aliphatic rings. The standard InChI is InChI=1S/C20H25FN2O2/c1-16-4-2-3-5-20(16)25-15-19(24)14-22-10-12-23(13-11-22)18-8-6-17(21)7-9-18/h2-9,19,24H,10-15H2,1H3/t19-/m1/s1. The first-order chi connectivity index (χ1) is 12.1. The van der Waals surface area contributed by atoms with E-state index < -0.39 is 6.10 Å². The first-order valence-corrected chi connectivity index (χ1v) is 8.71. The summed E-state index contributed by atoms with van der Waals surface area (Å²) in [7, 11) is 0. The van der Waals surface area contributed by atoms with E-state index in [1.807, 2.05) is 43.3 Å². The Hall–Kier alpha value is -2.11. The maximum atomic E-state index is 13.0. The zero-order valence-electron chi connectivity index (χ0n) is 14.6. The predicted molar refractivity (Wildman–Crippen MR) is 97.7 cm³/mol. The Bertz CT molecular complexity index is 670. The minimum Gasteiger partial charge on any atom is -0.491 e. The van der Waals surface area contributed by atoms with Gasteiger partial charge in [0, 0.05) is 38.4 Å². The van der Waals surface area contributed by atoms with Crippen molar-refractivity contribution in [1.29, 1.82) is 0 Å². The van der Waals surface area contributed by atoms with Crippen LogP contribution in [-0.2, 0) is 0 Å². The Morgan fingerprint density at radius 2 is 1.72 bits per heavy atom. The highest BCUT2D eigenvalue weighted by molar-refractivity contribution is 5.46. The van der Waals surface area contributed by atoms with E-state index in [4.69, 9.17) is 4.74 Å². The van der Waals surface area contributed by atoms with Gasteiger partial charge in [0.15, 0.2) is 0 Å². The molecule has 0 spiro atoms. The fourth-order valence-electron chi connectivity index (χ4n) is 3.10. The molecule has 4 nitrogen and oxygen atoms in total. The fraction of sp³-hybridized carbons (Fsp3) is 0.400. The molecule has 1 N–H and O–H groups in total. The number of β-amino-alcohol motifs (C(OH)–C–C–N with tert-alkyl or cyclic N) is 1. The van der Waals surface area contributed by atoms with Gasteiger partial charge in [-0.3, -0.25) is 4.90 Å². The zero-order chi connectivity index (χ0) is 17.6. The molecule has 0 unspecified atom stereocenters. The lowest BCUT2D eigenvalue weighted by Crippen LogP contribution is -2.49. The molecule has 1 saturated heterocycles.